The van der Waals surface area contributed by atoms with Crippen LogP contribution in [-0.4, -0.2) is 43.5 Å². The van der Waals surface area contributed by atoms with Crippen molar-refractivity contribution in [3.8, 4) is 0 Å². The Balaban J connectivity index is 1.12. The molecule has 3 nitrogen and oxygen atoms in total. The number of ketones is 1. The highest BCUT2D eigenvalue weighted by Gasteiger charge is 2.58. The Morgan fingerprint density at radius 3 is 2.58 bits per heavy atom. The molecule has 1 aliphatic heterocycles. The maximum absolute atomic E-state index is 12.6. The first kappa shape index (κ1) is 22.1. The summed E-state index contributed by atoms with van der Waals surface area (Å²) in [6.45, 7) is 10.4. The molecule has 31 heavy (non-hydrogen) atoms. The number of Topliss-reactive ketones (excluding diaryl/α,β-unsaturated/α-hetero) is 1. The first-order valence-corrected chi connectivity index (χ1v) is 13.6. The number of ether oxygens (including phenoxy) is 1. The van der Waals surface area contributed by atoms with Crippen molar-refractivity contribution in [1.29, 1.82) is 0 Å². The van der Waals surface area contributed by atoms with Gasteiger partial charge in [0, 0.05) is 25.0 Å². The molecule has 3 heteroatoms. The van der Waals surface area contributed by atoms with Crippen LogP contribution in [0.1, 0.15) is 90.9 Å². The van der Waals surface area contributed by atoms with Crippen LogP contribution in [0.2, 0.25) is 0 Å². The minimum Gasteiger partial charge on any atom is -0.380 e. The summed E-state index contributed by atoms with van der Waals surface area (Å²) < 4.78 is 5.95. The molecule has 0 spiro atoms. The van der Waals surface area contributed by atoms with Gasteiger partial charge >= 0.3 is 0 Å². The Morgan fingerprint density at radius 1 is 0.968 bits per heavy atom. The van der Waals surface area contributed by atoms with Crippen molar-refractivity contribution in [1.82, 2.24) is 4.90 Å². The van der Waals surface area contributed by atoms with Gasteiger partial charge in [-0.1, -0.05) is 25.5 Å². The lowest BCUT2D eigenvalue weighted by atomic mass is 9.47. The third-order valence-electron chi connectivity index (χ3n) is 10.5. The molecule has 0 aromatic rings. The van der Waals surface area contributed by atoms with Crippen LogP contribution in [0.5, 0.6) is 0 Å². The summed E-state index contributed by atoms with van der Waals surface area (Å²) in [6.07, 6.45) is 17.8. The Labute approximate surface area is 190 Å². The van der Waals surface area contributed by atoms with E-state index in [1.165, 1.54) is 77.3 Å². The van der Waals surface area contributed by atoms with Gasteiger partial charge in [-0.05, 0) is 113 Å². The van der Waals surface area contributed by atoms with Gasteiger partial charge in [0.1, 0.15) is 5.78 Å². The van der Waals surface area contributed by atoms with E-state index in [0.717, 1.165) is 50.4 Å². The molecule has 6 atom stereocenters. The predicted molar refractivity (Wildman–Crippen MR) is 126 cm³/mol. The molecular formula is C28H45NO2. The van der Waals surface area contributed by atoms with Gasteiger partial charge in [-0.25, -0.2) is 0 Å². The summed E-state index contributed by atoms with van der Waals surface area (Å²) in [5.41, 5.74) is 2.22. The van der Waals surface area contributed by atoms with Crippen LogP contribution < -0.4 is 0 Å². The van der Waals surface area contributed by atoms with Crippen LogP contribution in [0.3, 0.4) is 0 Å². The van der Waals surface area contributed by atoms with E-state index in [1.807, 2.05) is 0 Å². The zero-order chi connectivity index (χ0) is 21.5. The van der Waals surface area contributed by atoms with Crippen LogP contribution in [0.15, 0.2) is 11.6 Å². The van der Waals surface area contributed by atoms with Crippen molar-refractivity contribution in [2.24, 2.45) is 34.5 Å². The molecule has 4 fully saturated rings. The third-order valence-corrected chi connectivity index (χ3v) is 10.5. The molecule has 5 aliphatic rings. The van der Waals surface area contributed by atoms with Gasteiger partial charge in [0.25, 0.3) is 0 Å². The molecule has 4 unspecified atom stereocenters. The van der Waals surface area contributed by atoms with E-state index in [9.17, 15) is 4.79 Å². The molecule has 174 valence electrons. The van der Waals surface area contributed by atoms with Crippen molar-refractivity contribution in [3.63, 3.8) is 0 Å². The van der Waals surface area contributed by atoms with Gasteiger partial charge in [0.05, 0.1) is 6.61 Å². The van der Waals surface area contributed by atoms with Gasteiger partial charge < -0.3 is 9.64 Å². The zero-order valence-corrected chi connectivity index (χ0v) is 20.2. The average Bonchev–Trinajstić information content (AvgIpc) is 3.38. The zero-order valence-electron chi connectivity index (χ0n) is 20.2. The minimum absolute atomic E-state index is 0.0186. The Morgan fingerprint density at radius 2 is 1.74 bits per heavy atom. The lowest BCUT2D eigenvalue weighted by molar-refractivity contribution is -0.132. The summed E-state index contributed by atoms with van der Waals surface area (Å²) in [5.74, 6) is 3.64. The number of likely N-dealkylation sites (tertiary alicyclic amines) is 1. The maximum atomic E-state index is 12.6. The summed E-state index contributed by atoms with van der Waals surface area (Å²) >= 11 is 0. The second-order valence-corrected chi connectivity index (χ2v) is 12.0. The molecule has 0 N–H and O–H groups in total. The van der Waals surface area contributed by atoms with Crippen molar-refractivity contribution < 1.29 is 9.53 Å². The molecular weight excluding hydrogens is 382 g/mol. The van der Waals surface area contributed by atoms with E-state index in [4.69, 9.17) is 4.74 Å². The van der Waals surface area contributed by atoms with Gasteiger partial charge in [-0.2, -0.15) is 0 Å². The smallest absolute Gasteiger partial charge is 0.139 e. The van der Waals surface area contributed by atoms with E-state index >= 15 is 0 Å². The number of hydrogen-bond acceptors (Lipinski definition) is 3. The largest absolute Gasteiger partial charge is 0.380 e. The molecule has 1 saturated heterocycles. The lowest BCUT2D eigenvalue weighted by Crippen LogP contribution is -2.50. The van der Waals surface area contributed by atoms with E-state index in [-0.39, 0.29) is 5.41 Å². The van der Waals surface area contributed by atoms with E-state index in [1.54, 1.807) is 5.57 Å². The molecule has 0 bridgehead atoms. The second kappa shape index (κ2) is 8.93. The fourth-order valence-corrected chi connectivity index (χ4v) is 8.55. The fraction of sp³-hybridized carbons (Fsp3) is 0.893. The molecule has 0 amide bonds. The molecule has 0 aromatic heterocycles. The number of carbonyl (C=O) groups excluding carboxylic acids is 1. The van der Waals surface area contributed by atoms with Crippen LogP contribution in [-0.2, 0) is 9.53 Å². The number of fused-ring (bicyclic) bond motifs is 5. The normalized spacial score (nSPS) is 42.8. The van der Waals surface area contributed by atoms with E-state index < -0.39 is 0 Å². The quantitative estimate of drug-likeness (QED) is 0.367. The summed E-state index contributed by atoms with van der Waals surface area (Å²) in [7, 11) is 0. The third kappa shape index (κ3) is 4.07. The number of nitrogens with zero attached hydrogens (tertiary/aromatic N) is 1. The number of rotatable bonds is 7. The van der Waals surface area contributed by atoms with Crippen molar-refractivity contribution in [2.45, 2.75) is 90.9 Å². The Kier molecular flexibility index (Phi) is 6.38. The molecule has 5 rings (SSSR count). The molecule has 1 heterocycles. The standard InChI is InChI=1S/C28H45NO2/c1-27-13-11-21(6-5-18-31-19-17-29-15-3-4-16-29)20-22(27)7-8-23-24-9-10-26(30)28(24,2)14-12-25(23)27/h20-21,23-25H,3-19H2,1-2H3/t21?,23?,24?,25?,27-,28-/m0/s1. The molecule has 4 aliphatic carbocycles. The van der Waals surface area contributed by atoms with Crippen LogP contribution in [0, 0.1) is 34.5 Å². The van der Waals surface area contributed by atoms with Crippen LogP contribution >= 0.6 is 0 Å². The molecule has 0 aromatic carbocycles. The summed E-state index contributed by atoms with van der Waals surface area (Å²) in [6, 6.07) is 0. The van der Waals surface area contributed by atoms with Gasteiger partial charge in [-0.3, -0.25) is 4.79 Å². The molecule has 0 radical (unpaired) electrons. The van der Waals surface area contributed by atoms with Crippen molar-refractivity contribution >= 4 is 5.78 Å². The highest BCUT2D eigenvalue weighted by molar-refractivity contribution is 5.87. The van der Waals surface area contributed by atoms with E-state index in [0.29, 0.717) is 17.1 Å². The fourth-order valence-electron chi connectivity index (χ4n) is 8.55. The predicted octanol–water partition coefficient (Wildman–Crippen LogP) is 6.03. The highest BCUT2D eigenvalue weighted by atomic mass is 16.5. The monoisotopic (exact) mass is 427 g/mol. The van der Waals surface area contributed by atoms with E-state index in [2.05, 4.69) is 24.8 Å². The van der Waals surface area contributed by atoms with Gasteiger partial charge in [-0.15, -0.1) is 0 Å². The van der Waals surface area contributed by atoms with Gasteiger partial charge in [0.15, 0.2) is 0 Å². The average molecular weight is 428 g/mol. The lowest BCUT2D eigenvalue weighted by Gasteiger charge is -2.57. The summed E-state index contributed by atoms with van der Waals surface area (Å²) in [4.78, 5) is 15.2. The number of carbonyl (C=O) groups is 1. The van der Waals surface area contributed by atoms with Crippen molar-refractivity contribution in [3.05, 3.63) is 11.6 Å². The second-order valence-electron chi connectivity index (χ2n) is 12.0. The van der Waals surface area contributed by atoms with Crippen LogP contribution in [0.25, 0.3) is 0 Å². The highest BCUT2D eigenvalue weighted by Crippen LogP contribution is 2.64. The first-order chi connectivity index (χ1) is 15.0. The topological polar surface area (TPSA) is 29.5 Å². The maximum Gasteiger partial charge on any atom is 0.139 e. The number of allylic oxidation sites excluding steroid dienone is 2. The molecule has 3 saturated carbocycles. The van der Waals surface area contributed by atoms with Crippen molar-refractivity contribution in [2.75, 3.05) is 32.8 Å². The Hall–Kier alpha value is -0.670. The SMILES string of the molecule is C[C@]12CCC(CCCOCCN3CCCC3)C=C1CCC1C2CC[C@]2(C)C(=O)CCC12. The van der Waals surface area contributed by atoms with Gasteiger partial charge in [0.2, 0.25) is 0 Å². The first-order valence-electron chi connectivity index (χ1n) is 13.6. The Bertz CT molecular complexity index is 695. The minimum atomic E-state index is 0.0186. The van der Waals surface area contributed by atoms with Crippen LogP contribution in [0.4, 0.5) is 0 Å². The number of hydrogen-bond donors (Lipinski definition) is 0. The summed E-state index contributed by atoms with van der Waals surface area (Å²) in [5, 5.41) is 0.